The normalized spacial score (nSPS) is 15.3. The summed E-state index contributed by atoms with van der Waals surface area (Å²) in [5, 5.41) is 1.94. The molecule has 21 heavy (non-hydrogen) atoms. The smallest absolute Gasteiger partial charge is 0.264 e. The van der Waals surface area contributed by atoms with Crippen molar-refractivity contribution in [3.8, 4) is 0 Å². The molecular weight excluding hydrogens is 284 g/mol. The van der Waals surface area contributed by atoms with Gasteiger partial charge in [0.25, 0.3) is 5.91 Å². The molecule has 2 N–H and O–H groups in total. The third kappa shape index (κ3) is 2.85. The highest BCUT2D eigenvalue weighted by Crippen LogP contribution is 2.20. The summed E-state index contributed by atoms with van der Waals surface area (Å²) in [6.07, 6.45) is 1.80. The second-order valence-electron chi connectivity index (χ2n) is 5.15. The molecule has 0 unspecified atom stereocenters. The largest absolute Gasteiger partial charge is 0.383 e. The van der Waals surface area contributed by atoms with Crippen LogP contribution in [0.5, 0.6) is 0 Å². The van der Waals surface area contributed by atoms with E-state index in [9.17, 15) is 4.79 Å². The van der Waals surface area contributed by atoms with Gasteiger partial charge >= 0.3 is 0 Å². The van der Waals surface area contributed by atoms with Gasteiger partial charge in [0.05, 0.1) is 16.8 Å². The number of hydrogen-bond acceptors (Lipinski definition) is 5. The minimum absolute atomic E-state index is 0.135. The number of pyridine rings is 1. The third-order valence-electron chi connectivity index (χ3n) is 3.77. The van der Waals surface area contributed by atoms with Crippen molar-refractivity contribution in [1.82, 2.24) is 9.88 Å². The molecule has 2 aromatic heterocycles. The zero-order valence-corrected chi connectivity index (χ0v) is 12.8. The van der Waals surface area contributed by atoms with Crippen molar-refractivity contribution in [3.05, 3.63) is 40.2 Å². The summed E-state index contributed by atoms with van der Waals surface area (Å²) in [4.78, 5) is 21.5. The van der Waals surface area contributed by atoms with E-state index in [4.69, 9.17) is 5.73 Å². The second kappa shape index (κ2) is 5.73. The highest BCUT2D eigenvalue weighted by molar-refractivity contribution is 7.12. The molecule has 0 radical (unpaired) electrons. The van der Waals surface area contributed by atoms with Crippen LogP contribution >= 0.6 is 11.3 Å². The van der Waals surface area contributed by atoms with E-state index in [1.54, 1.807) is 6.20 Å². The lowest BCUT2D eigenvalue weighted by atomic mass is 10.2. The summed E-state index contributed by atoms with van der Waals surface area (Å²) in [5.74, 6) is 0.710. The maximum Gasteiger partial charge on any atom is 0.264 e. The number of nitrogens with zero attached hydrogens (tertiary/aromatic N) is 3. The first-order chi connectivity index (χ1) is 10.1. The Kier molecular flexibility index (Phi) is 3.79. The lowest BCUT2D eigenvalue weighted by Gasteiger charge is -2.35. The topological polar surface area (TPSA) is 62.5 Å². The van der Waals surface area contributed by atoms with Crippen LogP contribution in [0.1, 0.15) is 15.2 Å². The molecule has 1 aliphatic heterocycles. The van der Waals surface area contributed by atoms with E-state index in [0.29, 0.717) is 5.82 Å². The van der Waals surface area contributed by atoms with Crippen LogP contribution in [0.25, 0.3) is 0 Å². The van der Waals surface area contributed by atoms with Crippen molar-refractivity contribution >= 4 is 28.7 Å². The van der Waals surface area contributed by atoms with E-state index in [1.165, 1.54) is 11.3 Å². The number of anilines is 2. The summed E-state index contributed by atoms with van der Waals surface area (Å²) in [6.45, 7) is 5.08. The molecule has 110 valence electrons. The molecule has 3 heterocycles. The Hall–Kier alpha value is -2.08. The number of carbonyl (C=O) groups excluding carboxylic acids is 1. The van der Waals surface area contributed by atoms with Crippen LogP contribution in [0.15, 0.2) is 29.8 Å². The van der Waals surface area contributed by atoms with Crippen molar-refractivity contribution in [1.29, 1.82) is 0 Å². The number of aromatic nitrogens is 1. The van der Waals surface area contributed by atoms with Crippen molar-refractivity contribution in [2.24, 2.45) is 0 Å². The highest BCUT2D eigenvalue weighted by atomic mass is 32.1. The summed E-state index contributed by atoms with van der Waals surface area (Å²) in [7, 11) is 0. The quantitative estimate of drug-likeness (QED) is 0.921. The Labute approximate surface area is 128 Å². The minimum Gasteiger partial charge on any atom is -0.383 e. The van der Waals surface area contributed by atoms with Crippen LogP contribution in [0.4, 0.5) is 11.5 Å². The van der Waals surface area contributed by atoms with Gasteiger partial charge < -0.3 is 15.5 Å². The van der Waals surface area contributed by atoms with Crippen molar-refractivity contribution < 1.29 is 4.79 Å². The molecule has 1 fully saturated rings. The van der Waals surface area contributed by atoms with Gasteiger partial charge in [0.1, 0.15) is 5.82 Å². The van der Waals surface area contributed by atoms with Crippen molar-refractivity contribution in [2.75, 3.05) is 36.8 Å². The summed E-state index contributed by atoms with van der Waals surface area (Å²) in [6, 6.07) is 5.85. The summed E-state index contributed by atoms with van der Waals surface area (Å²) >= 11 is 1.50. The molecule has 3 rings (SSSR count). The van der Waals surface area contributed by atoms with Crippen LogP contribution in [0, 0.1) is 6.92 Å². The molecule has 0 aromatic carbocycles. The highest BCUT2D eigenvalue weighted by Gasteiger charge is 2.23. The van der Waals surface area contributed by atoms with Gasteiger partial charge in [0.15, 0.2) is 0 Å². The predicted octanol–water partition coefficient (Wildman–Crippen LogP) is 2.00. The zero-order valence-electron chi connectivity index (χ0n) is 12.0. The SMILES string of the molecule is Cc1cc(N2CCN(C(=O)c3cccs3)CC2)cnc1N. The molecule has 0 aliphatic carbocycles. The number of thiophene rings is 1. The van der Waals surface area contributed by atoms with Crippen LogP contribution in [-0.2, 0) is 0 Å². The maximum absolute atomic E-state index is 12.3. The number of nitrogens with two attached hydrogens (primary N) is 1. The third-order valence-corrected chi connectivity index (χ3v) is 4.63. The Morgan fingerprint density at radius 3 is 2.71 bits per heavy atom. The van der Waals surface area contributed by atoms with E-state index < -0.39 is 0 Å². The number of nitrogen functional groups attached to an aromatic ring is 1. The van der Waals surface area contributed by atoms with E-state index in [0.717, 1.165) is 42.3 Å². The molecule has 0 saturated carbocycles. The van der Waals surface area contributed by atoms with Crippen LogP contribution < -0.4 is 10.6 Å². The number of aryl methyl sites for hydroxylation is 1. The van der Waals surface area contributed by atoms with Gasteiger partial charge in [-0.15, -0.1) is 11.3 Å². The Morgan fingerprint density at radius 1 is 1.33 bits per heavy atom. The number of piperazine rings is 1. The van der Waals surface area contributed by atoms with Gasteiger partial charge in [-0.2, -0.15) is 0 Å². The summed E-state index contributed by atoms with van der Waals surface area (Å²) < 4.78 is 0. The van der Waals surface area contributed by atoms with Gasteiger partial charge in [0.2, 0.25) is 0 Å². The Bertz CT molecular complexity index is 633. The molecular formula is C15H18N4OS. The number of hydrogen-bond donors (Lipinski definition) is 1. The molecule has 1 aliphatic rings. The lowest BCUT2D eigenvalue weighted by Crippen LogP contribution is -2.48. The maximum atomic E-state index is 12.3. The van der Waals surface area contributed by atoms with E-state index in [-0.39, 0.29) is 5.91 Å². The van der Waals surface area contributed by atoms with Crippen LogP contribution in [-0.4, -0.2) is 42.0 Å². The second-order valence-corrected chi connectivity index (χ2v) is 6.10. The number of rotatable bonds is 2. The van der Waals surface area contributed by atoms with Crippen LogP contribution in [0.3, 0.4) is 0 Å². The number of amides is 1. The van der Waals surface area contributed by atoms with Gasteiger partial charge in [-0.1, -0.05) is 6.07 Å². The van der Waals surface area contributed by atoms with E-state index in [2.05, 4.69) is 16.0 Å². The van der Waals surface area contributed by atoms with E-state index >= 15 is 0 Å². The molecule has 1 saturated heterocycles. The lowest BCUT2D eigenvalue weighted by molar-refractivity contribution is 0.0751. The van der Waals surface area contributed by atoms with Crippen molar-refractivity contribution in [2.45, 2.75) is 6.92 Å². The average Bonchev–Trinajstić information content (AvgIpc) is 3.04. The monoisotopic (exact) mass is 302 g/mol. The fourth-order valence-corrected chi connectivity index (χ4v) is 3.16. The fraction of sp³-hybridized carbons (Fsp3) is 0.333. The first-order valence-electron chi connectivity index (χ1n) is 6.95. The number of carbonyl (C=O) groups is 1. The predicted molar refractivity (Wildman–Crippen MR) is 85.8 cm³/mol. The fourth-order valence-electron chi connectivity index (χ4n) is 2.47. The summed E-state index contributed by atoms with van der Waals surface area (Å²) in [5.41, 5.74) is 7.82. The molecule has 6 heteroatoms. The van der Waals surface area contributed by atoms with Crippen molar-refractivity contribution in [3.63, 3.8) is 0 Å². The first-order valence-corrected chi connectivity index (χ1v) is 7.83. The molecule has 1 amide bonds. The van der Waals surface area contributed by atoms with E-state index in [1.807, 2.05) is 29.3 Å². The molecule has 0 bridgehead atoms. The Morgan fingerprint density at radius 2 is 2.10 bits per heavy atom. The minimum atomic E-state index is 0.135. The van der Waals surface area contributed by atoms with Gasteiger partial charge in [-0.3, -0.25) is 4.79 Å². The molecule has 2 aromatic rings. The van der Waals surface area contributed by atoms with Gasteiger partial charge in [-0.25, -0.2) is 4.98 Å². The average molecular weight is 302 g/mol. The Balaban J connectivity index is 1.65. The molecule has 0 atom stereocenters. The first kappa shape index (κ1) is 13.9. The molecule has 0 spiro atoms. The van der Waals surface area contributed by atoms with Gasteiger partial charge in [0, 0.05) is 26.2 Å². The molecule has 5 nitrogen and oxygen atoms in total. The standard InChI is InChI=1S/C15H18N4OS/c1-11-9-12(10-17-14(11)16)18-4-6-19(7-5-18)15(20)13-3-2-8-21-13/h2-3,8-10H,4-7H2,1H3,(H2,16,17). The van der Waals surface area contributed by atoms with Gasteiger partial charge in [-0.05, 0) is 30.0 Å². The zero-order chi connectivity index (χ0) is 14.8. The van der Waals surface area contributed by atoms with Crippen LogP contribution in [0.2, 0.25) is 0 Å².